The second kappa shape index (κ2) is 4.56. The van der Waals surface area contributed by atoms with Gasteiger partial charge in [0.15, 0.2) is 0 Å². The number of primary amides is 1. The number of ether oxygens (including phenoxy) is 1. The lowest BCUT2D eigenvalue weighted by molar-refractivity contribution is 0.0682. The lowest BCUT2D eigenvalue weighted by Gasteiger charge is -2.09. The standard InChI is InChI=1S/C9H11N3O4/c1-3-4-5(6(10)13)11-7(9(14)15)12-8(4)16-2/h3H2,1-2H3,(H2,10,13)(H,14,15). The summed E-state index contributed by atoms with van der Waals surface area (Å²) < 4.78 is 4.90. The van der Waals surface area contributed by atoms with Crippen molar-refractivity contribution in [3.63, 3.8) is 0 Å². The van der Waals surface area contributed by atoms with E-state index in [1.807, 2.05) is 0 Å². The van der Waals surface area contributed by atoms with Crippen LogP contribution < -0.4 is 10.5 Å². The number of nitrogens with zero attached hydrogens (tertiary/aromatic N) is 2. The number of nitrogens with two attached hydrogens (primary N) is 1. The van der Waals surface area contributed by atoms with Crippen molar-refractivity contribution in [3.8, 4) is 5.88 Å². The highest BCUT2D eigenvalue weighted by Crippen LogP contribution is 2.19. The third-order valence-corrected chi connectivity index (χ3v) is 1.94. The smallest absolute Gasteiger partial charge is 0.374 e. The van der Waals surface area contributed by atoms with Crippen LogP contribution in [0.4, 0.5) is 0 Å². The molecule has 0 fully saturated rings. The summed E-state index contributed by atoms with van der Waals surface area (Å²) in [5.41, 5.74) is 5.39. The minimum absolute atomic E-state index is 0.0590. The Bertz CT molecular complexity index is 445. The summed E-state index contributed by atoms with van der Waals surface area (Å²) in [6, 6.07) is 0. The molecular formula is C9H11N3O4. The van der Waals surface area contributed by atoms with Crippen molar-refractivity contribution in [2.24, 2.45) is 5.73 Å². The zero-order chi connectivity index (χ0) is 12.3. The molecule has 0 saturated carbocycles. The molecule has 0 radical (unpaired) electrons. The lowest BCUT2D eigenvalue weighted by atomic mass is 10.1. The fourth-order valence-corrected chi connectivity index (χ4v) is 1.25. The van der Waals surface area contributed by atoms with E-state index in [1.54, 1.807) is 6.92 Å². The largest absolute Gasteiger partial charge is 0.481 e. The highest BCUT2D eigenvalue weighted by atomic mass is 16.5. The van der Waals surface area contributed by atoms with Crippen LogP contribution in [0.15, 0.2) is 0 Å². The van der Waals surface area contributed by atoms with Gasteiger partial charge in [-0.05, 0) is 6.42 Å². The minimum atomic E-state index is -1.34. The van der Waals surface area contributed by atoms with E-state index < -0.39 is 17.7 Å². The molecule has 1 heterocycles. The van der Waals surface area contributed by atoms with Crippen LogP contribution in [0.5, 0.6) is 5.88 Å². The van der Waals surface area contributed by atoms with Gasteiger partial charge >= 0.3 is 5.97 Å². The number of carboxylic acid groups (broad SMARTS) is 1. The summed E-state index contributed by atoms with van der Waals surface area (Å²) in [5.74, 6) is -2.60. The van der Waals surface area contributed by atoms with Gasteiger partial charge in [-0.25, -0.2) is 9.78 Å². The fraction of sp³-hybridized carbons (Fsp3) is 0.333. The van der Waals surface area contributed by atoms with E-state index >= 15 is 0 Å². The molecule has 7 heteroatoms. The Hall–Kier alpha value is -2.18. The predicted octanol–water partition coefficient (Wildman–Crippen LogP) is -0.155. The maximum atomic E-state index is 11.1. The van der Waals surface area contributed by atoms with E-state index in [2.05, 4.69) is 9.97 Å². The summed E-state index contributed by atoms with van der Waals surface area (Å²) in [5, 5.41) is 8.74. The third-order valence-electron chi connectivity index (χ3n) is 1.94. The summed E-state index contributed by atoms with van der Waals surface area (Å²) in [6.07, 6.45) is 0.418. The molecule has 0 aromatic carbocycles. The lowest BCUT2D eigenvalue weighted by Crippen LogP contribution is -2.20. The van der Waals surface area contributed by atoms with Gasteiger partial charge in [0, 0.05) is 5.56 Å². The van der Waals surface area contributed by atoms with Gasteiger partial charge < -0.3 is 15.6 Å². The predicted molar refractivity (Wildman–Crippen MR) is 53.4 cm³/mol. The summed E-state index contributed by atoms with van der Waals surface area (Å²) in [4.78, 5) is 29.1. The molecule has 0 bridgehead atoms. The molecule has 0 aliphatic rings. The number of aromatic nitrogens is 2. The first-order chi connectivity index (χ1) is 7.51. The average molecular weight is 225 g/mol. The van der Waals surface area contributed by atoms with Crippen LogP contribution in [0.2, 0.25) is 0 Å². The summed E-state index contributed by atoms with van der Waals surface area (Å²) >= 11 is 0. The number of rotatable bonds is 4. The van der Waals surface area contributed by atoms with Crippen molar-refractivity contribution in [3.05, 3.63) is 17.1 Å². The zero-order valence-electron chi connectivity index (χ0n) is 8.85. The quantitative estimate of drug-likeness (QED) is 0.735. The monoisotopic (exact) mass is 225 g/mol. The molecule has 1 aromatic heterocycles. The van der Waals surface area contributed by atoms with Crippen molar-refractivity contribution < 1.29 is 19.4 Å². The molecule has 3 N–H and O–H groups in total. The topological polar surface area (TPSA) is 115 Å². The van der Waals surface area contributed by atoms with Crippen molar-refractivity contribution in [2.75, 3.05) is 7.11 Å². The Balaban J connectivity index is 3.49. The maximum Gasteiger partial charge on any atom is 0.374 e. The Morgan fingerprint density at radius 1 is 1.44 bits per heavy atom. The Morgan fingerprint density at radius 3 is 2.44 bits per heavy atom. The maximum absolute atomic E-state index is 11.1. The van der Waals surface area contributed by atoms with Crippen molar-refractivity contribution in [1.82, 2.24) is 9.97 Å². The van der Waals surface area contributed by atoms with Gasteiger partial charge in [0.25, 0.3) is 5.91 Å². The first-order valence-electron chi connectivity index (χ1n) is 4.49. The minimum Gasteiger partial charge on any atom is -0.481 e. The van der Waals surface area contributed by atoms with Crippen LogP contribution in [0.25, 0.3) is 0 Å². The molecule has 0 unspecified atom stereocenters. The van der Waals surface area contributed by atoms with E-state index in [4.69, 9.17) is 15.6 Å². The van der Waals surface area contributed by atoms with Crippen molar-refractivity contribution in [2.45, 2.75) is 13.3 Å². The molecule has 1 aromatic rings. The van der Waals surface area contributed by atoms with Crippen LogP contribution in [-0.2, 0) is 6.42 Å². The Morgan fingerprint density at radius 2 is 2.06 bits per heavy atom. The molecule has 1 rings (SSSR count). The van der Waals surface area contributed by atoms with Gasteiger partial charge in [-0.2, -0.15) is 4.98 Å². The number of hydrogen-bond acceptors (Lipinski definition) is 5. The van der Waals surface area contributed by atoms with Gasteiger partial charge in [0.05, 0.1) is 7.11 Å². The molecule has 0 aliphatic heterocycles. The first kappa shape index (κ1) is 11.9. The highest BCUT2D eigenvalue weighted by molar-refractivity contribution is 5.94. The second-order valence-corrected chi connectivity index (χ2v) is 2.91. The van der Waals surface area contributed by atoms with Crippen molar-refractivity contribution >= 4 is 11.9 Å². The van der Waals surface area contributed by atoms with Gasteiger partial charge in [-0.15, -0.1) is 0 Å². The second-order valence-electron chi connectivity index (χ2n) is 2.91. The van der Waals surface area contributed by atoms with E-state index in [9.17, 15) is 9.59 Å². The number of carbonyl (C=O) groups is 2. The van der Waals surface area contributed by atoms with E-state index in [0.29, 0.717) is 12.0 Å². The summed E-state index contributed by atoms with van der Waals surface area (Å²) in [7, 11) is 1.33. The molecule has 0 aliphatic carbocycles. The molecule has 16 heavy (non-hydrogen) atoms. The number of hydrogen-bond donors (Lipinski definition) is 2. The molecule has 1 amide bonds. The van der Waals surface area contributed by atoms with Crippen LogP contribution in [-0.4, -0.2) is 34.1 Å². The number of methoxy groups -OCH3 is 1. The number of aromatic carboxylic acids is 1. The Kier molecular flexibility index (Phi) is 3.39. The zero-order valence-corrected chi connectivity index (χ0v) is 8.85. The van der Waals surface area contributed by atoms with Crippen LogP contribution >= 0.6 is 0 Å². The third kappa shape index (κ3) is 2.08. The number of carboxylic acids is 1. The number of amides is 1. The molecule has 0 spiro atoms. The van der Waals surface area contributed by atoms with Gasteiger partial charge in [0.2, 0.25) is 11.7 Å². The average Bonchev–Trinajstić information content (AvgIpc) is 2.26. The molecule has 7 nitrogen and oxygen atoms in total. The van der Waals surface area contributed by atoms with E-state index in [0.717, 1.165) is 0 Å². The van der Waals surface area contributed by atoms with Gasteiger partial charge in [-0.3, -0.25) is 4.79 Å². The van der Waals surface area contributed by atoms with Gasteiger partial charge in [0.1, 0.15) is 5.69 Å². The Labute approximate surface area is 91.3 Å². The van der Waals surface area contributed by atoms with E-state index in [-0.39, 0.29) is 11.6 Å². The number of carbonyl (C=O) groups excluding carboxylic acids is 1. The fourth-order valence-electron chi connectivity index (χ4n) is 1.25. The normalized spacial score (nSPS) is 9.88. The highest BCUT2D eigenvalue weighted by Gasteiger charge is 2.20. The van der Waals surface area contributed by atoms with E-state index in [1.165, 1.54) is 7.11 Å². The molecule has 0 atom stereocenters. The first-order valence-corrected chi connectivity index (χ1v) is 4.49. The van der Waals surface area contributed by atoms with Crippen molar-refractivity contribution in [1.29, 1.82) is 0 Å². The summed E-state index contributed by atoms with van der Waals surface area (Å²) in [6.45, 7) is 1.76. The molecule has 86 valence electrons. The SMILES string of the molecule is CCc1c(OC)nc(C(=O)O)nc1C(N)=O. The molecule has 0 saturated heterocycles. The van der Waals surface area contributed by atoms with Gasteiger partial charge in [-0.1, -0.05) is 6.92 Å². The molecular weight excluding hydrogens is 214 g/mol. The van der Waals surface area contributed by atoms with Crippen LogP contribution in [0.3, 0.4) is 0 Å². The van der Waals surface area contributed by atoms with Crippen LogP contribution in [0, 0.1) is 0 Å². The van der Waals surface area contributed by atoms with Crippen LogP contribution in [0.1, 0.15) is 33.6 Å².